The number of carbonyl (C=O) groups is 1. The van der Waals surface area contributed by atoms with E-state index in [2.05, 4.69) is 53.3 Å². The number of carbonyl (C=O) groups excluding carboxylic acids is 1. The summed E-state index contributed by atoms with van der Waals surface area (Å²) in [5, 5.41) is 8.02. The van der Waals surface area contributed by atoms with Gasteiger partial charge in [-0.2, -0.15) is 5.10 Å². The van der Waals surface area contributed by atoms with Crippen LogP contribution in [0.25, 0.3) is 11.5 Å². The van der Waals surface area contributed by atoms with Gasteiger partial charge < -0.3 is 19.5 Å². The minimum atomic E-state index is -0.313. The third-order valence-corrected chi connectivity index (χ3v) is 7.06. The van der Waals surface area contributed by atoms with E-state index < -0.39 is 0 Å². The molecule has 3 aromatic carbocycles. The first-order chi connectivity index (χ1) is 18.5. The molecule has 0 bridgehead atoms. The van der Waals surface area contributed by atoms with Crippen LogP contribution in [0.15, 0.2) is 97.2 Å². The number of hydrogen-bond acceptors (Lipinski definition) is 3. The number of anilines is 1. The zero-order valence-electron chi connectivity index (χ0n) is 21.6. The third kappa shape index (κ3) is 4.12. The van der Waals surface area contributed by atoms with Crippen molar-refractivity contribution in [3.8, 4) is 17.3 Å². The van der Waals surface area contributed by atoms with Crippen LogP contribution in [0.4, 0.5) is 10.5 Å². The first kappa shape index (κ1) is 23.6. The lowest BCUT2D eigenvalue weighted by Gasteiger charge is -2.31. The average molecular weight is 504 g/mol. The zero-order valence-corrected chi connectivity index (χ0v) is 21.6. The van der Waals surface area contributed by atoms with Crippen molar-refractivity contribution < 1.29 is 9.53 Å². The fourth-order valence-corrected chi connectivity index (χ4v) is 5.14. The van der Waals surface area contributed by atoms with Crippen molar-refractivity contribution in [1.82, 2.24) is 19.2 Å². The maximum absolute atomic E-state index is 14.0. The number of amides is 2. The first-order valence-electron chi connectivity index (χ1n) is 12.6. The molecular weight excluding hydrogens is 474 g/mol. The molecule has 7 heteroatoms. The lowest BCUT2D eigenvalue weighted by Crippen LogP contribution is -2.38. The second-order valence-electron chi connectivity index (χ2n) is 9.54. The number of urea groups is 1. The van der Waals surface area contributed by atoms with Crippen LogP contribution >= 0.6 is 0 Å². The number of nitrogens with zero attached hydrogens (tertiary/aromatic N) is 4. The van der Waals surface area contributed by atoms with Gasteiger partial charge in [0.05, 0.1) is 36.8 Å². The van der Waals surface area contributed by atoms with E-state index in [1.807, 2.05) is 77.2 Å². The fraction of sp³-hybridized carbons (Fsp3) is 0.161. The summed E-state index contributed by atoms with van der Waals surface area (Å²) in [5.41, 5.74) is 6.73. The second kappa shape index (κ2) is 9.59. The van der Waals surface area contributed by atoms with Gasteiger partial charge in [-0.1, -0.05) is 54.1 Å². The molecular formula is C31H29N5O2. The number of benzene rings is 3. The molecule has 0 saturated heterocycles. The molecule has 0 fully saturated rings. The molecule has 1 aliphatic heterocycles. The number of hydrogen-bond donors (Lipinski definition) is 1. The standard InChI is InChI=1S/C31H29N5O2/c1-21-14-16-23(17-15-21)29-28-13-8-18-34(28)30-27(22(2)33-36(30)25-10-5-4-6-11-25)20-35(29)31(37)32-24-9-7-12-26(19-24)38-3/h4-19,29H,20H2,1-3H3,(H,32,37)/t29-/m0/s1. The molecule has 6 rings (SSSR count). The molecule has 2 aromatic heterocycles. The molecule has 0 aliphatic carbocycles. The number of para-hydroxylation sites is 1. The summed E-state index contributed by atoms with van der Waals surface area (Å²) in [7, 11) is 1.62. The van der Waals surface area contributed by atoms with E-state index in [0.717, 1.165) is 34.0 Å². The van der Waals surface area contributed by atoms with Crippen LogP contribution in [-0.4, -0.2) is 32.4 Å². The summed E-state index contributed by atoms with van der Waals surface area (Å²) in [4.78, 5) is 15.9. The monoisotopic (exact) mass is 503 g/mol. The Balaban J connectivity index is 1.52. The molecule has 0 radical (unpaired) electrons. The van der Waals surface area contributed by atoms with Gasteiger partial charge in [0, 0.05) is 23.5 Å². The molecule has 0 unspecified atom stereocenters. The van der Waals surface area contributed by atoms with Crippen LogP contribution in [0, 0.1) is 13.8 Å². The second-order valence-corrected chi connectivity index (χ2v) is 9.54. The SMILES string of the molecule is COc1cccc(NC(=O)N2Cc3c(C)nn(-c4ccccc4)c3-n3cccc3[C@@H]2c2ccc(C)cc2)c1. The Morgan fingerprint density at radius 2 is 1.74 bits per heavy atom. The van der Waals surface area contributed by atoms with Gasteiger partial charge in [0.25, 0.3) is 0 Å². The maximum atomic E-state index is 14.0. The predicted molar refractivity (Wildman–Crippen MR) is 148 cm³/mol. The Labute approximate surface area is 221 Å². The molecule has 5 aromatic rings. The Morgan fingerprint density at radius 3 is 2.50 bits per heavy atom. The van der Waals surface area contributed by atoms with E-state index in [-0.39, 0.29) is 12.1 Å². The molecule has 38 heavy (non-hydrogen) atoms. The largest absolute Gasteiger partial charge is 0.497 e. The number of nitrogens with one attached hydrogen (secondary N) is 1. The van der Waals surface area contributed by atoms with Crippen molar-refractivity contribution >= 4 is 11.7 Å². The summed E-state index contributed by atoms with van der Waals surface area (Å²) in [6.45, 7) is 4.47. The predicted octanol–water partition coefficient (Wildman–Crippen LogP) is 6.43. The fourth-order valence-electron chi connectivity index (χ4n) is 5.14. The number of aromatic nitrogens is 3. The highest BCUT2D eigenvalue weighted by atomic mass is 16.5. The summed E-state index contributed by atoms with van der Waals surface area (Å²) >= 11 is 0. The highest BCUT2D eigenvalue weighted by Crippen LogP contribution is 2.38. The zero-order chi connectivity index (χ0) is 26.2. The normalized spacial score (nSPS) is 14.4. The molecule has 1 atom stereocenters. The third-order valence-electron chi connectivity index (χ3n) is 7.06. The Hall–Kier alpha value is -4.78. The molecule has 2 amide bonds. The number of rotatable bonds is 4. The molecule has 190 valence electrons. The van der Waals surface area contributed by atoms with Crippen LogP contribution < -0.4 is 10.1 Å². The quantitative estimate of drug-likeness (QED) is 0.308. The van der Waals surface area contributed by atoms with Crippen molar-refractivity contribution in [2.45, 2.75) is 26.4 Å². The molecule has 3 heterocycles. The molecule has 0 saturated carbocycles. The van der Waals surface area contributed by atoms with Gasteiger partial charge in [-0.05, 0) is 55.8 Å². The van der Waals surface area contributed by atoms with E-state index in [1.54, 1.807) is 7.11 Å². The van der Waals surface area contributed by atoms with Crippen molar-refractivity contribution in [3.05, 3.63) is 125 Å². The van der Waals surface area contributed by atoms with Crippen molar-refractivity contribution in [1.29, 1.82) is 0 Å². The summed E-state index contributed by atoms with van der Waals surface area (Å²) < 4.78 is 9.52. The van der Waals surface area contributed by atoms with Gasteiger partial charge in [0.1, 0.15) is 11.6 Å². The topological polar surface area (TPSA) is 64.3 Å². The van der Waals surface area contributed by atoms with Gasteiger partial charge in [0.15, 0.2) is 0 Å². The number of fused-ring (bicyclic) bond motifs is 3. The molecule has 1 N–H and O–H groups in total. The maximum Gasteiger partial charge on any atom is 0.322 e. The molecule has 1 aliphatic rings. The van der Waals surface area contributed by atoms with Crippen LogP contribution in [0.5, 0.6) is 5.75 Å². The van der Waals surface area contributed by atoms with Crippen molar-refractivity contribution in [2.24, 2.45) is 0 Å². The number of aryl methyl sites for hydroxylation is 2. The molecule has 0 spiro atoms. The molecule has 7 nitrogen and oxygen atoms in total. The van der Waals surface area contributed by atoms with Gasteiger partial charge >= 0.3 is 6.03 Å². The van der Waals surface area contributed by atoms with Crippen molar-refractivity contribution in [2.75, 3.05) is 12.4 Å². The number of methoxy groups -OCH3 is 1. The first-order valence-corrected chi connectivity index (χ1v) is 12.6. The van der Waals surface area contributed by atoms with Gasteiger partial charge in [-0.25, -0.2) is 9.48 Å². The van der Waals surface area contributed by atoms with Gasteiger partial charge in [0.2, 0.25) is 0 Å². The number of ether oxygens (including phenoxy) is 1. The minimum absolute atomic E-state index is 0.198. The van der Waals surface area contributed by atoms with Crippen LogP contribution in [0.3, 0.4) is 0 Å². The smallest absolute Gasteiger partial charge is 0.322 e. The van der Waals surface area contributed by atoms with E-state index in [0.29, 0.717) is 18.0 Å². The van der Waals surface area contributed by atoms with Crippen LogP contribution in [0.1, 0.15) is 34.1 Å². The Morgan fingerprint density at radius 1 is 0.947 bits per heavy atom. The van der Waals surface area contributed by atoms with E-state index in [9.17, 15) is 4.79 Å². The Bertz CT molecular complexity index is 1600. The van der Waals surface area contributed by atoms with E-state index in [1.165, 1.54) is 5.56 Å². The summed E-state index contributed by atoms with van der Waals surface area (Å²) in [6, 6.07) is 29.5. The van der Waals surface area contributed by atoms with E-state index >= 15 is 0 Å². The van der Waals surface area contributed by atoms with Gasteiger partial charge in [-0.3, -0.25) is 0 Å². The minimum Gasteiger partial charge on any atom is -0.497 e. The van der Waals surface area contributed by atoms with E-state index in [4.69, 9.17) is 9.84 Å². The highest BCUT2D eigenvalue weighted by Gasteiger charge is 2.36. The van der Waals surface area contributed by atoms with Crippen LogP contribution in [-0.2, 0) is 6.54 Å². The summed E-state index contributed by atoms with van der Waals surface area (Å²) in [6.07, 6.45) is 2.05. The van der Waals surface area contributed by atoms with Crippen molar-refractivity contribution in [3.63, 3.8) is 0 Å². The highest BCUT2D eigenvalue weighted by molar-refractivity contribution is 5.90. The lowest BCUT2D eigenvalue weighted by molar-refractivity contribution is 0.194. The lowest BCUT2D eigenvalue weighted by atomic mass is 10.0. The van der Waals surface area contributed by atoms with Gasteiger partial charge in [-0.15, -0.1) is 0 Å². The van der Waals surface area contributed by atoms with Crippen LogP contribution in [0.2, 0.25) is 0 Å². The Kier molecular flexibility index (Phi) is 5.96. The summed E-state index contributed by atoms with van der Waals surface area (Å²) in [5.74, 6) is 1.63. The average Bonchev–Trinajstić information content (AvgIpc) is 3.50.